The monoisotopic (exact) mass is 486 g/mol. The number of nitrogens with two attached hydrogens (primary N) is 2. The molecule has 1 aromatic heterocycles. The summed E-state index contributed by atoms with van der Waals surface area (Å²) in [5.74, 6) is -3.56. The smallest absolute Gasteiger partial charge is 0.251 e. The van der Waals surface area contributed by atoms with Crippen molar-refractivity contribution in [2.45, 2.75) is 62.8 Å². The highest BCUT2D eigenvalue weighted by Crippen LogP contribution is 2.54. The normalized spacial score (nSPS) is 29.6. The highest BCUT2D eigenvalue weighted by molar-refractivity contribution is 5.98. The van der Waals surface area contributed by atoms with Crippen molar-refractivity contribution < 1.29 is 18.4 Å². The van der Waals surface area contributed by atoms with Gasteiger partial charge in [0.05, 0.1) is 11.7 Å². The van der Waals surface area contributed by atoms with Gasteiger partial charge in [0.25, 0.3) is 5.92 Å². The molecule has 2 saturated heterocycles. The maximum absolute atomic E-state index is 13.7. The van der Waals surface area contributed by atoms with Crippen LogP contribution in [0, 0.1) is 12.3 Å². The molecule has 4 N–H and O–H groups in total. The van der Waals surface area contributed by atoms with E-state index in [1.165, 1.54) is 18.9 Å². The lowest BCUT2D eigenvalue weighted by Gasteiger charge is -2.45. The van der Waals surface area contributed by atoms with Crippen molar-refractivity contribution in [3.8, 4) is 0 Å². The highest BCUT2D eigenvalue weighted by Gasteiger charge is 2.52. The second-order valence-corrected chi connectivity index (χ2v) is 10.6. The quantitative estimate of drug-likeness (QED) is 0.657. The molecule has 1 saturated carbocycles. The van der Waals surface area contributed by atoms with Crippen LogP contribution in [-0.4, -0.2) is 64.8 Å². The first-order valence-corrected chi connectivity index (χ1v) is 12.3. The summed E-state index contributed by atoms with van der Waals surface area (Å²) in [6, 6.07) is 1.18. The molecule has 2 unspecified atom stereocenters. The molecule has 2 atom stereocenters. The van der Waals surface area contributed by atoms with Crippen molar-refractivity contribution >= 4 is 17.8 Å². The first-order valence-electron chi connectivity index (χ1n) is 12.3. The Morgan fingerprint density at radius 2 is 1.66 bits per heavy atom. The van der Waals surface area contributed by atoms with E-state index in [9.17, 15) is 18.4 Å². The number of piperidine rings is 2. The number of halogens is 2. The molecule has 0 radical (unpaired) electrons. The summed E-state index contributed by atoms with van der Waals surface area (Å²) in [5.41, 5.74) is 12.1. The van der Waals surface area contributed by atoms with Crippen molar-refractivity contribution in [1.29, 1.82) is 0 Å². The number of amides is 2. The van der Waals surface area contributed by atoms with Gasteiger partial charge in [-0.15, -0.1) is 0 Å². The van der Waals surface area contributed by atoms with Gasteiger partial charge in [0.1, 0.15) is 5.41 Å². The fourth-order valence-electron chi connectivity index (χ4n) is 5.72. The number of aromatic nitrogens is 2. The van der Waals surface area contributed by atoms with Crippen molar-refractivity contribution in [3.63, 3.8) is 0 Å². The van der Waals surface area contributed by atoms with E-state index in [-0.39, 0.29) is 25.9 Å². The zero-order valence-electron chi connectivity index (χ0n) is 20.0. The van der Waals surface area contributed by atoms with Crippen molar-refractivity contribution in [2.24, 2.45) is 16.9 Å². The summed E-state index contributed by atoms with van der Waals surface area (Å²) in [6.45, 7) is 3.58. The van der Waals surface area contributed by atoms with E-state index in [4.69, 9.17) is 16.5 Å². The van der Waals surface area contributed by atoms with Crippen LogP contribution in [0.3, 0.4) is 0 Å². The third-order valence-electron chi connectivity index (χ3n) is 8.28. The summed E-state index contributed by atoms with van der Waals surface area (Å²) >= 11 is 0. The lowest BCUT2D eigenvalue weighted by Crippen LogP contribution is -2.59. The van der Waals surface area contributed by atoms with Crippen LogP contribution in [-0.2, 0) is 15.0 Å². The molecule has 4 aliphatic rings. The van der Waals surface area contributed by atoms with Gasteiger partial charge < -0.3 is 16.4 Å². The number of rotatable bonds is 5. The molecule has 35 heavy (non-hydrogen) atoms. The van der Waals surface area contributed by atoms with E-state index >= 15 is 0 Å². The van der Waals surface area contributed by atoms with Gasteiger partial charge in [0.15, 0.2) is 0 Å². The Bertz CT molecular complexity index is 1100. The van der Waals surface area contributed by atoms with Crippen LogP contribution in [0.5, 0.6) is 0 Å². The van der Waals surface area contributed by atoms with Gasteiger partial charge in [-0.2, -0.15) is 0 Å². The Balaban J connectivity index is 1.55. The molecule has 2 aliphatic heterocycles. The van der Waals surface area contributed by atoms with E-state index in [1.807, 2.05) is 0 Å². The summed E-state index contributed by atoms with van der Waals surface area (Å²) in [6.07, 6.45) is 8.88. The Morgan fingerprint density at radius 1 is 1.00 bits per heavy atom. The summed E-state index contributed by atoms with van der Waals surface area (Å²) in [5, 5.41) is 0. The van der Waals surface area contributed by atoms with Crippen LogP contribution in [0.15, 0.2) is 29.9 Å². The number of anilines is 1. The fourth-order valence-corrected chi connectivity index (χ4v) is 5.72. The molecule has 3 heterocycles. The molecule has 5 rings (SSSR count). The number of hydrogen-bond donors (Lipinski definition) is 2. The predicted molar refractivity (Wildman–Crippen MR) is 127 cm³/mol. The minimum absolute atomic E-state index is 0.124. The van der Waals surface area contributed by atoms with Gasteiger partial charge in [-0.25, -0.2) is 18.7 Å². The van der Waals surface area contributed by atoms with Crippen molar-refractivity contribution in [3.05, 3.63) is 41.3 Å². The number of aryl methyl sites for hydroxylation is 1. The third kappa shape index (κ3) is 4.32. The van der Waals surface area contributed by atoms with Gasteiger partial charge in [0, 0.05) is 37.2 Å². The first-order chi connectivity index (χ1) is 16.5. The second-order valence-electron chi connectivity index (χ2n) is 10.6. The van der Waals surface area contributed by atoms with Gasteiger partial charge >= 0.3 is 0 Å². The Labute approximate surface area is 203 Å². The van der Waals surface area contributed by atoms with Crippen LogP contribution in [0.4, 0.5) is 14.7 Å². The van der Waals surface area contributed by atoms with Gasteiger partial charge in [0.2, 0.25) is 17.8 Å². The van der Waals surface area contributed by atoms with E-state index in [0.29, 0.717) is 28.3 Å². The molecular weight excluding hydrogens is 454 g/mol. The molecule has 0 bridgehead atoms. The van der Waals surface area contributed by atoms with Crippen LogP contribution in [0.2, 0.25) is 0 Å². The predicted octanol–water partition coefficient (Wildman–Crippen LogP) is 1.97. The maximum atomic E-state index is 13.7. The molecule has 1 spiro atoms. The van der Waals surface area contributed by atoms with E-state index in [2.05, 4.69) is 9.88 Å². The lowest BCUT2D eigenvalue weighted by molar-refractivity contribution is -0.124. The van der Waals surface area contributed by atoms with Gasteiger partial charge in [-0.1, -0.05) is 18.2 Å². The fraction of sp³-hybridized carbons (Fsp3) is 0.600. The number of carbonyl (C=O) groups excluding carboxylic acids is 2. The number of likely N-dealkylation sites (tertiary alicyclic amines) is 1. The summed E-state index contributed by atoms with van der Waals surface area (Å²) in [7, 11) is 0. The van der Waals surface area contributed by atoms with E-state index in [0.717, 1.165) is 25.9 Å². The van der Waals surface area contributed by atoms with Gasteiger partial charge in [-0.05, 0) is 57.2 Å². The average molecular weight is 487 g/mol. The highest BCUT2D eigenvalue weighted by atomic mass is 19.3. The SMILES string of the molecule is Cc1cc(C2(C(N)=O)C=CC(C(N)=O)=CC2N2CCC3(CC2)CC3)nc(N2CCC(F)(F)CC2)n1. The standard InChI is InChI=1S/C25H32F2N6O2/c1-16-14-18(31-22(30-16)33-12-8-24(26,27)9-13-33)25(21(29)35)3-2-17(20(28)34)15-19(25)32-10-6-23(4-5-23)7-11-32/h2-3,14-15,19H,4-13H2,1H3,(H2,28,34)(H2,29,35). The molecule has 3 fully saturated rings. The Kier molecular flexibility index (Phi) is 5.69. The second kappa shape index (κ2) is 8.36. The molecule has 0 aromatic carbocycles. The minimum Gasteiger partial charge on any atom is -0.369 e. The maximum Gasteiger partial charge on any atom is 0.251 e. The molecule has 188 valence electrons. The van der Waals surface area contributed by atoms with Crippen LogP contribution in [0.1, 0.15) is 49.9 Å². The van der Waals surface area contributed by atoms with Gasteiger partial charge in [-0.3, -0.25) is 14.5 Å². The topological polar surface area (TPSA) is 118 Å². The van der Waals surface area contributed by atoms with Crippen LogP contribution >= 0.6 is 0 Å². The molecule has 8 nitrogen and oxygen atoms in total. The molecular formula is C25H32F2N6O2. The number of nitrogens with zero attached hydrogens (tertiary/aromatic N) is 4. The molecule has 2 aliphatic carbocycles. The summed E-state index contributed by atoms with van der Waals surface area (Å²) < 4.78 is 27.5. The Hall–Kier alpha value is -2.88. The minimum atomic E-state index is -2.70. The summed E-state index contributed by atoms with van der Waals surface area (Å²) in [4.78, 5) is 38.4. The lowest BCUT2D eigenvalue weighted by atomic mass is 9.70. The van der Waals surface area contributed by atoms with Crippen LogP contribution < -0.4 is 16.4 Å². The molecule has 10 heteroatoms. The van der Waals surface area contributed by atoms with Crippen molar-refractivity contribution in [1.82, 2.24) is 14.9 Å². The zero-order chi connectivity index (χ0) is 25.0. The van der Waals surface area contributed by atoms with E-state index < -0.39 is 29.2 Å². The number of alkyl halides is 2. The zero-order valence-corrected chi connectivity index (χ0v) is 20.0. The van der Waals surface area contributed by atoms with Crippen LogP contribution in [0.25, 0.3) is 0 Å². The van der Waals surface area contributed by atoms with Crippen molar-refractivity contribution in [2.75, 3.05) is 31.1 Å². The number of hydrogen-bond acceptors (Lipinski definition) is 6. The third-order valence-corrected chi connectivity index (χ3v) is 8.28. The Morgan fingerprint density at radius 3 is 2.23 bits per heavy atom. The first kappa shape index (κ1) is 23.8. The largest absolute Gasteiger partial charge is 0.369 e. The number of primary amides is 2. The number of carbonyl (C=O) groups is 2. The molecule has 2 amide bonds. The molecule has 1 aromatic rings. The average Bonchev–Trinajstić information content (AvgIpc) is 3.57. The van der Waals surface area contributed by atoms with E-state index in [1.54, 1.807) is 30.0 Å².